The summed E-state index contributed by atoms with van der Waals surface area (Å²) in [5.74, 6) is -0.349. The number of anilines is 1. The van der Waals surface area contributed by atoms with E-state index in [0.717, 1.165) is 5.69 Å². The number of benzene rings is 1. The van der Waals surface area contributed by atoms with Crippen molar-refractivity contribution in [2.45, 2.75) is 13.5 Å². The summed E-state index contributed by atoms with van der Waals surface area (Å²) in [7, 11) is 0. The molecule has 0 aliphatic heterocycles. The van der Waals surface area contributed by atoms with E-state index in [9.17, 15) is 4.79 Å². The Balaban J connectivity index is 1.68. The smallest absolute Gasteiger partial charge is 0.258 e. The quantitative estimate of drug-likeness (QED) is 0.526. The molecule has 1 N–H and O–H groups in total. The minimum absolute atomic E-state index is 0.282. The largest absolute Gasteiger partial charge is 0.322 e. The average molecular weight is 412 g/mol. The first-order chi connectivity index (χ1) is 13.5. The number of amides is 1. The fourth-order valence-corrected chi connectivity index (χ4v) is 3.40. The first-order valence-electron chi connectivity index (χ1n) is 8.51. The highest BCUT2D eigenvalue weighted by Crippen LogP contribution is 2.29. The molecule has 0 saturated heterocycles. The molecule has 0 saturated carbocycles. The molecule has 3 heterocycles. The van der Waals surface area contributed by atoms with Crippen molar-refractivity contribution < 1.29 is 4.79 Å². The van der Waals surface area contributed by atoms with Crippen molar-refractivity contribution in [2.24, 2.45) is 0 Å². The third kappa shape index (κ3) is 3.56. The summed E-state index contributed by atoms with van der Waals surface area (Å²) < 4.78 is 1.74. The van der Waals surface area contributed by atoms with Gasteiger partial charge in [-0.3, -0.25) is 9.78 Å². The number of aryl methyl sites for hydroxylation is 1. The van der Waals surface area contributed by atoms with E-state index in [1.54, 1.807) is 35.1 Å². The molecule has 0 aliphatic carbocycles. The number of carbonyl (C=O) groups is 1. The summed E-state index contributed by atoms with van der Waals surface area (Å²) in [6.45, 7) is 2.30. The van der Waals surface area contributed by atoms with Crippen LogP contribution in [0.1, 0.15) is 21.7 Å². The van der Waals surface area contributed by atoms with E-state index < -0.39 is 0 Å². The van der Waals surface area contributed by atoms with Crippen LogP contribution >= 0.6 is 23.2 Å². The standard InChI is InChI=1S/C20H15Cl2N5O/c1-12-17-18(22)16(20(28)25-14-7-5-13(21)6-8-14)10-24-19(17)27(26-12)11-15-4-2-3-9-23-15/h2-10H,11H2,1H3,(H,25,28). The van der Waals surface area contributed by atoms with Crippen molar-refractivity contribution in [1.82, 2.24) is 19.7 Å². The lowest BCUT2D eigenvalue weighted by atomic mass is 10.2. The van der Waals surface area contributed by atoms with E-state index in [1.807, 2.05) is 25.1 Å². The first-order valence-corrected chi connectivity index (χ1v) is 9.27. The molecule has 140 valence electrons. The third-order valence-electron chi connectivity index (χ3n) is 4.26. The Bertz CT molecular complexity index is 1160. The summed E-state index contributed by atoms with van der Waals surface area (Å²) in [4.78, 5) is 21.4. The topological polar surface area (TPSA) is 72.7 Å². The van der Waals surface area contributed by atoms with Crippen molar-refractivity contribution in [3.63, 3.8) is 0 Å². The van der Waals surface area contributed by atoms with Crippen LogP contribution in [0.15, 0.2) is 54.9 Å². The Hall–Kier alpha value is -2.96. The van der Waals surface area contributed by atoms with Gasteiger partial charge in [-0.1, -0.05) is 29.3 Å². The molecule has 6 nitrogen and oxygen atoms in total. The summed E-state index contributed by atoms with van der Waals surface area (Å²) in [6.07, 6.45) is 3.19. The van der Waals surface area contributed by atoms with E-state index >= 15 is 0 Å². The lowest BCUT2D eigenvalue weighted by molar-refractivity contribution is 0.102. The summed E-state index contributed by atoms with van der Waals surface area (Å²) in [5.41, 5.74) is 3.06. The highest BCUT2D eigenvalue weighted by Gasteiger charge is 2.19. The van der Waals surface area contributed by atoms with Gasteiger partial charge in [-0.15, -0.1) is 0 Å². The number of halogens is 2. The maximum Gasteiger partial charge on any atom is 0.258 e. The molecule has 0 fully saturated rings. The molecule has 1 amide bonds. The minimum atomic E-state index is -0.349. The van der Waals surface area contributed by atoms with Crippen LogP contribution in [-0.4, -0.2) is 25.7 Å². The number of hydrogen-bond acceptors (Lipinski definition) is 4. The molecule has 0 bridgehead atoms. The predicted molar refractivity (Wildman–Crippen MR) is 110 cm³/mol. The summed E-state index contributed by atoms with van der Waals surface area (Å²) in [5, 5.41) is 8.89. The average Bonchev–Trinajstić information content (AvgIpc) is 3.01. The normalized spacial score (nSPS) is 11.0. The zero-order valence-corrected chi connectivity index (χ0v) is 16.4. The molecule has 3 aromatic heterocycles. The number of pyridine rings is 2. The van der Waals surface area contributed by atoms with Gasteiger partial charge in [-0.05, 0) is 43.3 Å². The van der Waals surface area contributed by atoms with Crippen molar-refractivity contribution >= 4 is 45.8 Å². The fourth-order valence-electron chi connectivity index (χ4n) is 2.92. The number of carbonyl (C=O) groups excluding carboxylic acids is 1. The third-order valence-corrected chi connectivity index (χ3v) is 4.90. The second-order valence-corrected chi connectivity index (χ2v) is 7.02. The van der Waals surface area contributed by atoms with Crippen LogP contribution in [-0.2, 0) is 6.54 Å². The molecule has 1 aromatic carbocycles. The number of rotatable bonds is 4. The Morgan fingerprint density at radius 3 is 2.61 bits per heavy atom. The lowest BCUT2D eigenvalue weighted by Gasteiger charge is -2.08. The molecule has 8 heteroatoms. The van der Waals surface area contributed by atoms with Crippen LogP contribution in [0, 0.1) is 6.92 Å². The van der Waals surface area contributed by atoms with Crippen LogP contribution in [0.5, 0.6) is 0 Å². The molecule has 4 rings (SSSR count). The number of aromatic nitrogens is 4. The maximum absolute atomic E-state index is 12.7. The van der Waals surface area contributed by atoms with Gasteiger partial charge in [-0.2, -0.15) is 5.10 Å². The molecule has 0 radical (unpaired) electrons. The first kappa shape index (κ1) is 18.4. The van der Waals surface area contributed by atoms with E-state index in [2.05, 4.69) is 20.4 Å². The van der Waals surface area contributed by atoms with E-state index in [4.69, 9.17) is 23.2 Å². The number of nitrogens with one attached hydrogen (secondary N) is 1. The van der Waals surface area contributed by atoms with Gasteiger partial charge in [0, 0.05) is 23.1 Å². The van der Waals surface area contributed by atoms with Gasteiger partial charge in [0.05, 0.1) is 33.9 Å². The number of nitrogens with zero attached hydrogens (tertiary/aromatic N) is 4. The fraction of sp³-hybridized carbons (Fsp3) is 0.100. The Labute approximate surface area is 171 Å². The molecule has 4 aromatic rings. The molecule has 0 aliphatic rings. The van der Waals surface area contributed by atoms with Gasteiger partial charge in [0.1, 0.15) is 0 Å². The zero-order chi connectivity index (χ0) is 19.7. The Morgan fingerprint density at radius 1 is 1.11 bits per heavy atom. The number of hydrogen-bond donors (Lipinski definition) is 1. The lowest BCUT2D eigenvalue weighted by Crippen LogP contribution is -2.13. The second-order valence-electron chi connectivity index (χ2n) is 6.21. The second kappa shape index (κ2) is 7.58. The van der Waals surface area contributed by atoms with E-state index in [-0.39, 0.29) is 11.5 Å². The monoisotopic (exact) mass is 411 g/mol. The van der Waals surface area contributed by atoms with Gasteiger partial charge in [-0.25, -0.2) is 9.67 Å². The van der Waals surface area contributed by atoms with E-state index in [0.29, 0.717) is 39.0 Å². The highest BCUT2D eigenvalue weighted by molar-refractivity contribution is 6.39. The van der Waals surface area contributed by atoms with Crippen molar-refractivity contribution in [1.29, 1.82) is 0 Å². The SMILES string of the molecule is Cc1nn(Cc2ccccn2)c2ncc(C(=O)Nc3ccc(Cl)cc3)c(Cl)c12. The van der Waals surface area contributed by atoms with Gasteiger partial charge in [0.25, 0.3) is 5.91 Å². The van der Waals surface area contributed by atoms with Crippen LogP contribution in [0.25, 0.3) is 11.0 Å². The molecular weight excluding hydrogens is 397 g/mol. The minimum Gasteiger partial charge on any atom is -0.322 e. The van der Waals surface area contributed by atoms with E-state index in [1.165, 1.54) is 6.20 Å². The zero-order valence-electron chi connectivity index (χ0n) is 14.9. The van der Waals surface area contributed by atoms with Crippen molar-refractivity contribution in [3.05, 3.63) is 81.9 Å². The van der Waals surface area contributed by atoms with Gasteiger partial charge in [0.15, 0.2) is 5.65 Å². The summed E-state index contributed by atoms with van der Waals surface area (Å²) in [6, 6.07) is 12.5. The molecular formula is C20H15Cl2N5O. The molecule has 0 spiro atoms. The van der Waals surface area contributed by atoms with Gasteiger partial charge < -0.3 is 5.32 Å². The van der Waals surface area contributed by atoms with Crippen LogP contribution in [0.2, 0.25) is 10.0 Å². The van der Waals surface area contributed by atoms with Gasteiger partial charge >= 0.3 is 0 Å². The van der Waals surface area contributed by atoms with Crippen LogP contribution in [0.4, 0.5) is 5.69 Å². The maximum atomic E-state index is 12.7. The Kier molecular flexibility index (Phi) is 4.98. The predicted octanol–water partition coefficient (Wildman–Crippen LogP) is 4.74. The molecule has 0 unspecified atom stereocenters. The molecule has 28 heavy (non-hydrogen) atoms. The highest BCUT2D eigenvalue weighted by atomic mass is 35.5. The van der Waals surface area contributed by atoms with Crippen LogP contribution < -0.4 is 5.32 Å². The van der Waals surface area contributed by atoms with Crippen LogP contribution in [0.3, 0.4) is 0 Å². The molecule has 0 atom stereocenters. The van der Waals surface area contributed by atoms with Gasteiger partial charge in [0.2, 0.25) is 0 Å². The van der Waals surface area contributed by atoms with Crippen molar-refractivity contribution in [3.8, 4) is 0 Å². The van der Waals surface area contributed by atoms with Crippen molar-refractivity contribution in [2.75, 3.05) is 5.32 Å². The summed E-state index contributed by atoms with van der Waals surface area (Å²) >= 11 is 12.4. The Morgan fingerprint density at radius 2 is 1.89 bits per heavy atom. The number of fused-ring (bicyclic) bond motifs is 1.